The molecule has 1 saturated heterocycles. The zero-order valence-corrected chi connectivity index (χ0v) is 17.7. The van der Waals surface area contributed by atoms with Crippen molar-refractivity contribution in [3.05, 3.63) is 51.9 Å². The SMILES string of the molecule is CCn1c(C2CCN(C(=O)c3ccc(-n4nc(C)cc4C)nc3)CC2)n[nH]c1=S. The van der Waals surface area contributed by atoms with Gasteiger partial charge in [0, 0.05) is 37.4 Å². The van der Waals surface area contributed by atoms with Crippen LogP contribution in [0, 0.1) is 18.6 Å². The number of piperidine rings is 1. The topological polar surface area (TPSA) is 84.6 Å². The molecule has 3 aromatic heterocycles. The number of aromatic amines is 1. The quantitative estimate of drug-likeness (QED) is 0.667. The zero-order valence-electron chi connectivity index (χ0n) is 16.9. The lowest BCUT2D eigenvalue weighted by atomic mass is 9.95. The molecule has 0 spiro atoms. The van der Waals surface area contributed by atoms with Gasteiger partial charge in [-0.25, -0.2) is 9.67 Å². The molecule has 0 saturated carbocycles. The van der Waals surface area contributed by atoms with Crippen molar-refractivity contribution in [2.75, 3.05) is 13.1 Å². The first-order valence-corrected chi connectivity index (χ1v) is 10.3. The molecule has 0 aliphatic carbocycles. The number of carbonyl (C=O) groups excluding carboxylic acids is 1. The number of carbonyl (C=O) groups is 1. The molecule has 8 nitrogen and oxygen atoms in total. The van der Waals surface area contributed by atoms with E-state index in [4.69, 9.17) is 12.2 Å². The van der Waals surface area contributed by atoms with E-state index in [1.165, 1.54) is 0 Å². The molecule has 1 aliphatic heterocycles. The molecule has 0 aromatic carbocycles. The molecule has 0 radical (unpaired) electrons. The lowest BCUT2D eigenvalue weighted by Gasteiger charge is -2.31. The molecule has 1 aliphatic rings. The first-order valence-electron chi connectivity index (χ1n) is 9.92. The van der Waals surface area contributed by atoms with Crippen LogP contribution >= 0.6 is 12.2 Å². The van der Waals surface area contributed by atoms with Crippen molar-refractivity contribution in [3.8, 4) is 5.82 Å². The average molecular weight is 412 g/mol. The van der Waals surface area contributed by atoms with Gasteiger partial charge in [-0.05, 0) is 64.0 Å². The van der Waals surface area contributed by atoms with Gasteiger partial charge in [0.2, 0.25) is 0 Å². The predicted octanol–water partition coefficient (Wildman–Crippen LogP) is 3.18. The summed E-state index contributed by atoms with van der Waals surface area (Å²) in [7, 11) is 0. The molecule has 0 unspecified atom stereocenters. The van der Waals surface area contributed by atoms with E-state index in [-0.39, 0.29) is 5.91 Å². The second-order valence-electron chi connectivity index (χ2n) is 7.44. The molecule has 3 aromatic rings. The first-order chi connectivity index (χ1) is 14.0. The van der Waals surface area contributed by atoms with E-state index in [1.807, 2.05) is 41.5 Å². The minimum Gasteiger partial charge on any atom is -0.339 e. The van der Waals surface area contributed by atoms with Gasteiger partial charge in [-0.1, -0.05) is 0 Å². The van der Waals surface area contributed by atoms with E-state index >= 15 is 0 Å². The third kappa shape index (κ3) is 3.74. The first kappa shape index (κ1) is 19.5. The van der Waals surface area contributed by atoms with Crippen LogP contribution < -0.4 is 0 Å². The number of hydrogen-bond acceptors (Lipinski definition) is 5. The van der Waals surface area contributed by atoms with Crippen molar-refractivity contribution in [1.29, 1.82) is 0 Å². The van der Waals surface area contributed by atoms with E-state index in [0.29, 0.717) is 35.2 Å². The predicted molar refractivity (Wildman–Crippen MR) is 112 cm³/mol. The van der Waals surface area contributed by atoms with Gasteiger partial charge in [-0.2, -0.15) is 10.2 Å². The van der Waals surface area contributed by atoms with Crippen LogP contribution in [0.5, 0.6) is 0 Å². The molecule has 1 N–H and O–H groups in total. The normalized spacial score (nSPS) is 15.1. The Bertz CT molecular complexity index is 1070. The van der Waals surface area contributed by atoms with Crippen LogP contribution in [-0.4, -0.2) is 53.4 Å². The molecule has 4 rings (SSSR count). The summed E-state index contributed by atoms with van der Waals surface area (Å²) in [6, 6.07) is 5.68. The van der Waals surface area contributed by atoms with E-state index in [1.54, 1.807) is 10.9 Å². The minimum absolute atomic E-state index is 0.0187. The fourth-order valence-electron chi connectivity index (χ4n) is 3.97. The number of aromatic nitrogens is 6. The van der Waals surface area contributed by atoms with Crippen molar-refractivity contribution >= 4 is 18.1 Å². The number of amides is 1. The Kier molecular flexibility index (Phi) is 5.31. The van der Waals surface area contributed by atoms with E-state index in [0.717, 1.165) is 36.6 Å². The lowest BCUT2D eigenvalue weighted by Crippen LogP contribution is -2.38. The summed E-state index contributed by atoms with van der Waals surface area (Å²) >= 11 is 5.29. The number of nitrogens with one attached hydrogen (secondary N) is 1. The van der Waals surface area contributed by atoms with Gasteiger partial charge in [0.1, 0.15) is 5.82 Å². The van der Waals surface area contributed by atoms with Crippen molar-refractivity contribution in [2.45, 2.75) is 46.1 Å². The Morgan fingerprint density at radius 3 is 2.62 bits per heavy atom. The van der Waals surface area contributed by atoms with Crippen LogP contribution in [0.3, 0.4) is 0 Å². The van der Waals surface area contributed by atoms with Crippen molar-refractivity contribution < 1.29 is 4.79 Å². The molecule has 1 fully saturated rings. The molecule has 29 heavy (non-hydrogen) atoms. The van der Waals surface area contributed by atoms with Gasteiger partial charge in [-0.3, -0.25) is 9.89 Å². The van der Waals surface area contributed by atoms with Crippen molar-refractivity contribution in [2.24, 2.45) is 0 Å². The molecule has 1 amide bonds. The number of H-pyrrole nitrogens is 1. The number of rotatable bonds is 4. The van der Waals surface area contributed by atoms with Gasteiger partial charge in [0.05, 0.1) is 11.3 Å². The van der Waals surface area contributed by atoms with Crippen LogP contribution in [-0.2, 0) is 6.54 Å². The van der Waals surface area contributed by atoms with Crippen LogP contribution in [0.2, 0.25) is 0 Å². The number of aryl methyl sites for hydroxylation is 2. The smallest absolute Gasteiger partial charge is 0.255 e. The largest absolute Gasteiger partial charge is 0.339 e. The summed E-state index contributed by atoms with van der Waals surface area (Å²) in [5.41, 5.74) is 2.56. The molecule has 152 valence electrons. The molecule has 0 bridgehead atoms. The highest BCUT2D eigenvalue weighted by molar-refractivity contribution is 7.71. The third-order valence-electron chi connectivity index (χ3n) is 5.47. The molecule has 4 heterocycles. The van der Waals surface area contributed by atoms with Crippen LogP contribution in [0.15, 0.2) is 24.4 Å². The Balaban J connectivity index is 1.43. The standard InChI is InChI=1S/C20H25N7OS/c1-4-26-18(22-23-20(26)29)15-7-9-25(10-8-15)19(28)16-5-6-17(21-12-16)27-14(3)11-13(2)24-27/h5-6,11-12,15H,4,7-10H2,1-3H3,(H,23,29). The van der Waals surface area contributed by atoms with Crippen LogP contribution in [0.25, 0.3) is 5.82 Å². The van der Waals surface area contributed by atoms with Gasteiger partial charge >= 0.3 is 0 Å². The Morgan fingerprint density at radius 2 is 2.03 bits per heavy atom. The minimum atomic E-state index is 0.0187. The van der Waals surface area contributed by atoms with Gasteiger partial charge in [0.25, 0.3) is 5.91 Å². The van der Waals surface area contributed by atoms with Gasteiger partial charge < -0.3 is 9.47 Å². The summed E-state index contributed by atoms with van der Waals surface area (Å²) in [5, 5.41) is 11.7. The fraction of sp³-hybridized carbons (Fsp3) is 0.450. The van der Waals surface area contributed by atoms with Gasteiger partial charge in [0.15, 0.2) is 10.6 Å². The van der Waals surface area contributed by atoms with E-state index in [9.17, 15) is 4.79 Å². The summed E-state index contributed by atoms with van der Waals surface area (Å²) in [6.07, 6.45) is 3.40. The van der Waals surface area contributed by atoms with Crippen LogP contribution in [0.4, 0.5) is 0 Å². The van der Waals surface area contributed by atoms with E-state index in [2.05, 4.69) is 27.2 Å². The summed E-state index contributed by atoms with van der Waals surface area (Å²) in [5.74, 6) is 2.05. The zero-order chi connectivity index (χ0) is 20.5. The second kappa shape index (κ2) is 7.90. The maximum atomic E-state index is 12.9. The molecule has 9 heteroatoms. The van der Waals surface area contributed by atoms with Crippen LogP contribution in [0.1, 0.15) is 53.3 Å². The number of likely N-dealkylation sites (tertiary alicyclic amines) is 1. The van der Waals surface area contributed by atoms with Gasteiger partial charge in [-0.15, -0.1) is 0 Å². The number of hydrogen-bond donors (Lipinski definition) is 1. The lowest BCUT2D eigenvalue weighted by molar-refractivity contribution is 0.0710. The summed E-state index contributed by atoms with van der Waals surface area (Å²) < 4.78 is 4.49. The van der Waals surface area contributed by atoms with Crippen molar-refractivity contribution in [1.82, 2.24) is 34.4 Å². The molecular formula is C20H25N7OS. The maximum absolute atomic E-state index is 12.9. The maximum Gasteiger partial charge on any atom is 0.255 e. The number of pyridine rings is 1. The highest BCUT2D eigenvalue weighted by atomic mass is 32.1. The second-order valence-corrected chi connectivity index (χ2v) is 7.83. The summed E-state index contributed by atoms with van der Waals surface area (Å²) in [6.45, 7) is 8.21. The Morgan fingerprint density at radius 1 is 1.28 bits per heavy atom. The molecule has 0 atom stereocenters. The highest BCUT2D eigenvalue weighted by Gasteiger charge is 2.27. The monoisotopic (exact) mass is 411 g/mol. The van der Waals surface area contributed by atoms with E-state index < -0.39 is 0 Å². The summed E-state index contributed by atoms with van der Waals surface area (Å²) in [4.78, 5) is 19.3. The third-order valence-corrected chi connectivity index (χ3v) is 5.78. The number of nitrogens with zero attached hydrogens (tertiary/aromatic N) is 6. The Labute approximate surface area is 174 Å². The molecular weight excluding hydrogens is 386 g/mol. The average Bonchev–Trinajstić information content (AvgIpc) is 3.28. The Hall–Kier alpha value is -2.81. The van der Waals surface area contributed by atoms with Crippen molar-refractivity contribution in [3.63, 3.8) is 0 Å². The highest BCUT2D eigenvalue weighted by Crippen LogP contribution is 2.27. The fourth-order valence-corrected chi connectivity index (χ4v) is 4.24.